The molecular formula is C12H19N3OS. The highest BCUT2D eigenvalue weighted by Gasteiger charge is 2.29. The summed E-state index contributed by atoms with van der Waals surface area (Å²) in [5.41, 5.74) is 0.161. The summed E-state index contributed by atoms with van der Waals surface area (Å²) in [4.78, 5) is 10.7. The molecule has 1 aliphatic rings. The molecule has 3 unspecified atom stereocenters. The lowest BCUT2D eigenvalue weighted by Gasteiger charge is -2.36. The second-order valence-electron chi connectivity index (χ2n) is 4.61. The first-order valence-corrected chi connectivity index (χ1v) is 6.78. The van der Waals surface area contributed by atoms with Crippen molar-refractivity contribution in [1.82, 2.24) is 14.9 Å². The van der Waals surface area contributed by atoms with E-state index in [1.807, 2.05) is 6.07 Å². The van der Waals surface area contributed by atoms with Crippen LogP contribution < -0.4 is 0 Å². The second-order valence-corrected chi connectivity index (χ2v) is 5.74. The van der Waals surface area contributed by atoms with Gasteiger partial charge in [0.05, 0.1) is 6.10 Å². The lowest BCUT2D eigenvalue weighted by molar-refractivity contribution is -0.0249. The average molecular weight is 253 g/mol. The molecule has 2 rings (SSSR count). The quantitative estimate of drug-likeness (QED) is 0.771. The molecule has 1 aliphatic heterocycles. The van der Waals surface area contributed by atoms with Crippen LogP contribution in [0.1, 0.15) is 19.8 Å². The first-order valence-electron chi connectivity index (χ1n) is 5.90. The third-order valence-corrected chi connectivity index (χ3v) is 3.95. The van der Waals surface area contributed by atoms with E-state index in [0.29, 0.717) is 12.1 Å². The molecule has 0 saturated carbocycles. The largest absolute Gasteiger partial charge is 0.364 e. The van der Waals surface area contributed by atoms with Gasteiger partial charge in [-0.3, -0.25) is 0 Å². The maximum absolute atomic E-state index is 5.93. The van der Waals surface area contributed by atoms with Crippen molar-refractivity contribution in [3.05, 3.63) is 18.5 Å². The third-order valence-electron chi connectivity index (χ3n) is 2.96. The van der Waals surface area contributed by atoms with Crippen molar-refractivity contribution in [1.29, 1.82) is 0 Å². The molecule has 0 aliphatic carbocycles. The van der Waals surface area contributed by atoms with Gasteiger partial charge in [0.25, 0.3) is 0 Å². The molecular weight excluding hydrogens is 234 g/mol. The van der Waals surface area contributed by atoms with Gasteiger partial charge in [0.15, 0.2) is 5.16 Å². The molecule has 1 saturated heterocycles. The Morgan fingerprint density at radius 3 is 2.65 bits per heavy atom. The molecule has 17 heavy (non-hydrogen) atoms. The Bertz CT molecular complexity index is 347. The zero-order valence-electron chi connectivity index (χ0n) is 10.5. The number of rotatable bonds is 3. The van der Waals surface area contributed by atoms with Crippen molar-refractivity contribution in [2.24, 2.45) is 0 Å². The van der Waals surface area contributed by atoms with Gasteiger partial charge < -0.3 is 9.64 Å². The van der Waals surface area contributed by atoms with Gasteiger partial charge >= 0.3 is 0 Å². The Kier molecular flexibility index (Phi) is 4.36. The SMILES string of the molecule is CC1CC(N(C)C)CC(Sc2ncccn2)O1. The van der Waals surface area contributed by atoms with Crippen molar-refractivity contribution in [2.45, 2.75) is 42.5 Å². The lowest BCUT2D eigenvalue weighted by atomic mass is 10.0. The normalized spacial score (nSPS) is 29.5. The van der Waals surface area contributed by atoms with E-state index in [1.165, 1.54) is 0 Å². The van der Waals surface area contributed by atoms with Crippen LogP contribution in [0.25, 0.3) is 0 Å². The van der Waals surface area contributed by atoms with E-state index in [-0.39, 0.29) is 5.44 Å². The number of aromatic nitrogens is 2. The van der Waals surface area contributed by atoms with Gasteiger partial charge in [-0.1, -0.05) is 11.8 Å². The van der Waals surface area contributed by atoms with Crippen LogP contribution in [0.2, 0.25) is 0 Å². The van der Waals surface area contributed by atoms with E-state index in [0.717, 1.165) is 18.0 Å². The highest BCUT2D eigenvalue weighted by Crippen LogP contribution is 2.31. The highest BCUT2D eigenvalue weighted by atomic mass is 32.2. The van der Waals surface area contributed by atoms with Gasteiger partial charge in [-0.2, -0.15) is 0 Å². The van der Waals surface area contributed by atoms with Crippen LogP contribution in [-0.2, 0) is 4.74 Å². The molecule has 4 nitrogen and oxygen atoms in total. The Morgan fingerprint density at radius 2 is 2.00 bits per heavy atom. The number of ether oxygens (including phenoxy) is 1. The van der Waals surface area contributed by atoms with Gasteiger partial charge in [-0.25, -0.2) is 9.97 Å². The number of thioether (sulfide) groups is 1. The minimum absolute atomic E-state index is 0.161. The van der Waals surface area contributed by atoms with E-state index in [4.69, 9.17) is 4.74 Å². The molecule has 1 fully saturated rings. The Labute approximate surface area is 107 Å². The van der Waals surface area contributed by atoms with Crippen LogP contribution in [0.5, 0.6) is 0 Å². The fraction of sp³-hybridized carbons (Fsp3) is 0.667. The molecule has 0 radical (unpaired) electrons. The Balaban J connectivity index is 1.96. The highest BCUT2D eigenvalue weighted by molar-refractivity contribution is 7.99. The first-order chi connectivity index (χ1) is 8.15. The number of nitrogens with zero attached hydrogens (tertiary/aromatic N) is 3. The Morgan fingerprint density at radius 1 is 1.29 bits per heavy atom. The summed E-state index contributed by atoms with van der Waals surface area (Å²) in [6, 6.07) is 2.41. The molecule has 1 aromatic heterocycles. The maximum Gasteiger partial charge on any atom is 0.189 e. The van der Waals surface area contributed by atoms with E-state index in [2.05, 4.69) is 35.9 Å². The molecule has 0 amide bonds. The molecule has 94 valence electrons. The molecule has 0 spiro atoms. The van der Waals surface area contributed by atoms with Gasteiger partial charge in [0.1, 0.15) is 5.44 Å². The lowest BCUT2D eigenvalue weighted by Crippen LogP contribution is -2.40. The Hall–Kier alpha value is -0.650. The smallest absolute Gasteiger partial charge is 0.189 e. The summed E-state index contributed by atoms with van der Waals surface area (Å²) in [5.74, 6) is 0. The molecule has 3 atom stereocenters. The summed E-state index contributed by atoms with van der Waals surface area (Å²) in [7, 11) is 4.26. The maximum atomic E-state index is 5.93. The van der Waals surface area contributed by atoms with Gasteiger partial charge in [-0.15, -0.1) is 0 Å². The monoisotopic (exact) mass is 253 g/mol. The summed E-state index contributed by atoms with van der Waals surface area (Å²) in [5, 5.41) is 0.795. The van der Waals surface area contributed by atoms with Crippen molar-refractivity contribution in [3.63, 3.8) is 0 Å². The minimum atomic E-state index is 0.161. The second kappa shape index (κ2) is 5.80. The van der Waals surface area contributed by atoms with E-state index >= 15 is 0 Å². The summed E-state index contributed by atoms with van der Waals surface area (Å²) < 4.78 is 5.93. The fourth-order valence-electron chi connectivity index (χ4n) is 2.03. The number of hydrogen-bond acceptors (Lipinski definition) is 5. The molecule has 0 aromatic carbocycles. The molecule has 0 N–H and O–H groups in total. The average Bonchev–Trinajstić information content (AvgIpc) is 2.29. The van der Waals surface area contributed by atoms with Crippen molar-refractivity contribution >= 4 is 11.8 Å². The third kappa shape index (κ3) is 3.66. The van der Waals surface area contributed by atoms with Crippen LogP contribution in [0.3, 0.4) is 0 Å². The van der Waals surface area contributed by atoms with Crippen LogP contribution >= 0.6 is 11.8 Å². The van der Waals surface area contributed by atoms with Crippen LogP contribution in [0, 0.1) is 0 Å². The van der Waals surface area contributed by atoms with Crippen LogP contribution in [0.15, 0.2) is 23.6 Å². The summed E-state index contributed by atoms with van der Waals surface area (Å²) in [6.07, 6.45) is 5.97. The van der Waals surface area contributed by atoms with E-state index < -0.39 is 0 Å². The van der Waals surface area contributed by atoms with Gasteiger partial charge in [-0.05, 0) is 39.9 Å². The van der Waals surface area contributed by atoms with Crippen LogP contribution in [-0.4, -0.2) is 46.5 Å². The van der Waals surface area contributed by atoms with Crippen molar-refractivity contribution < 1.29 is 4.74 Å². The summed E-state index contributed by atoms with van der Waals surface area (Å²) >= 11 is 1.62. The topological polar surface area (TPSA) is 38.2 Å². The fourth-order valence-corrected chi connectivity index (χ4v) is 3.08. The first kappa shape index (κ1) is 12.8. The predicted molar refractivity (Wildman–Crippen MR) is 68.9 cm³/mol. The van der Waals surface area contributed by atoms with Crippen molar-refractivity contribution in [3.8, 4) is 0 Å². The zero-order valence-corrected chi connectivity index (χ0v) is 11.4. The summed E-state index contributed by atoms with van der Waals surface area (Å²) in [6.45, 7) is 2.13. The molecule has 2 heterocycles. The van der Waals surface area contributed by atoms with Crippen molar-refractivity contribution in [2.75, 3.05) is 14.1 Å². The molecule has 1 aromatic rings. The van der Waals surface area contributed by atoms with E-state index in [1.54, 1.807) is 24.2 Å². The molecule has 5 heteroatoms. The van der Waals surface area contributed by atoms with Crippen LogP contribution in [0.4, 0.5) is 0 Å². The van der Waals surface area contributed by atoms with Gasteiger partial charge in [0, 0.05) is 18.4 Å². The predicted octanol–water partition coefficient (Wildman–Crippen LogP) is 2.02. The zero-order chi connectivity index (χ0) is 12.3. The molecule has 0 bridgehead atoms. The standard InChI is InChI=1S/C12H19N3OS/c1-9-7-10(15(2)3)8-11(16-9)17-12-13-5-4-6-14-12/h4-6,9-11H,7-8H2,1-3H3. The van der Waals surface area contributed by atoms with E-state index in [9.17, 15) is 0 Å². The number of hydrogen-bond donors (Lipinski definition) is 0. The van der Waals surface area contributed by atoms with Gasteiger partial charge in [0.2, 0.25) is 0 Å². The minimum Gasteiger partial charge on any atom is -0.364 e.